The number of hydrogen-bond donors (Lipinski definition) is 0. The van der Waals surface area contributed by atoms with Crippen molar-refractivity contribution in [1.82, 2.24) is 0 Å². The van der Waals surface area contributed by atoms with E-state index in [1.807, 2.05) is 37.4 Å². The van der Waals surface area contributed by atoms with E-state index in [-0.39, 0.29) is 12.4 Å². The second kappa shape index (κ2) is 9.82. The van der Waals surface area contributed by atoms with Crippen LogP contribution < -0.4 is 4.74 Å². The van der Waals surface area contributed by atoms with E-state index in [0.29, 0.717) is 23.5 Å². The molecule has 5 heteroatoms. The molecular weight excluding hydrogens is 348 g/mol. The highest BCUT2D eigenvalue weighted by molar-refractivity contribution is 7.98. The lowest BCUT2D eigenvalue weighted by Crippen LogP contribution is -2.05. The van der Waals surface area contributed by atoms with Crippen molar-refractivity contribution in [3.8, 4) is 5.75 Å². The fourth-order valence-electron chi connectivity index (χ4n) is 2.28. The summed E-state index contributed by atoms with van der Waals surface area (Å²) >= 11 is 1.66. The van der Waals surface area contributed by atoms with Gasteiger partial charge in [-0.25, -0.2) is 4.79 Å². The lowest BCUT2D eigenvalue weighted by Gasteiger charge is -2.11. The number of thioether (sulfide) groups is 1. The van der Waals surface area contributed by atoms with E-state index in [4.69, 9.17) is 9.47 Å². The Morgan fingerprint density at radius 3 is 2.46 bits per heavy atom. The predicted molar refractivity (Wildman–Crippen MR) is 105 cm³/mol. The zero-order chi connectivity index (χ0) is 18.9. The number of benzene rings is 2. The predicted octanol–water partition coefficient (Wildman–Crippen LogP) is 4.77. The highest BCUT2D eigenvalue weighted by atomic mass is 32.2. The van der Waals surface area contributed by atoms with Crippen molar-refractivity contribution < 1.29 is 19.1 Å². The lowest BCUT2D eigenvalue weighted by molar-refractivity contribution is -0.138. The smallest absolute Gasteiger partial charge is 0.331 e. The van der Waals surface area contributed by atoms with E-state index >= 15 is 0 Å². The Morgan fingerprint density at radius 1 is 1.12 bits per heavy atom. The fraction of sp³-hybridized carbons (Fsp3) is 0.238. The Morgan fingerprint density at radius 2 is 1.85 bits per heavy atom. The van der Waals surface area contributed by atoms with Gasteiger partial charge in [0, 0.05) is 22.1 Å². The molecule has 0 saturated heterocycles. The van der Waals surface area contributed by atoms with E-state index in [2.05, 4.69) is 0 Å². The topological polar surface area (TPSA) is 52.6 Å². The molecule has 0 unspecified atom stereocenters. The van der Waals surface area contributed by atoms with Crippen LogP contribution >= 0.6 is 11.8 Å². The third-order valence-electron chi connectivity index (χ3n) is 3.66. The van der Waals surface area contributed by atoms with Crippen molar-refractivity contribution >= 4 is 29.6 Å². The molecule has 0 bridgehead atoms. The zero-order valence-corrected chi connectivity index (χ0v) is 16.0. The van der Waals surface area contributed by atoms with Crippen LogP contribution in [0.5, 0.6) is 5.75 Å². The van der Waals surface area contributed by atoms with Gasteiger partial charge in [0.2, 0.25) is 0 Å². The van der Waals surface area contributed by atoms with Gasteiger partial charge >= 0.3 is 5.97 Å². The van der Waals surface area contributed by atoms with Crippen LogP contribution in [-0.2, 0) is 16.1 Å². The van der Waals surface area contributed by atoms with Crippen molar-refractivity contribution in [1.29, 1.82) is 0 Å². The fourth-order valence-corrected chi connectivity index (χ4v) is 2.69. The minimum absolute atomic E-state index is 0.0467. The number of ether oxygens (including phenoxy) is 2. The first-order chi connectivity index (χ1) is 12.5. The second-order valence-electron chi connectivity index (χ2n) is 5.53. The molecule has 0 atom stereocenters. The molecule has 0 saturated carbocycles. The first kappa shape index (κ1) is 19.8. The molecule has 0 aliphatic heterocycles. The highest BCUT2D eigenvalue weighted by Crippen LogP contribution is 2.22. The van der Waals surface area contributed by atoms with Gasteiger partial charge in [0.1, 0.15) is 12.4 Å². The van der Waals surface area contributed by atoms with Gasteiger partial charge in [-0.3, -0.25) is 4.79 Å². The van der Waals surface area contributed by atoms with Gasteiger partial charge in [0.15, 0.2) is 5.78 Å². The molecule has 0 heterocycles. The average molecular weight is 370 g/mol. The molecule has 2 aromatic rings. The van der Waals surface area contributed by atoms with Crippen LogP contribution in [0.2, 0.25) is 0 Å². The summed E-state index contributed by atoms with van der Waals surface area (Å²) in [7, 11) is 0. The van der Waals surface area contributed by atoms with Gasteiger partial charge in [-0.2, -0.15) is 0 Å². The van der Waals surface area contributed by atoms with Gasteiger partial charge in [0.05, 0.1) is 6.61 Å². The monoisotopic (exact) mass is 370 g/mol. The minimum Gasteiger partial charge on any atom is -0.493 e. The van der Waals surface area contributed by atoms with Gasteiger partial charge in [-0.05, 0) is 62.1 Å². The van der Waals surface area contributed by atoms with Gasteiger partial charge in [-0.15, -0.1) is 11.8 Å². The van der Waals surface area contributed by atoms with Crippen LogP contribution in [0.3, 0.4) is 0 Å². The molecule has 0 amide bonds. The molecule has 2 rings (SSSR count). The molecule has 2 aromatic carbocycles. The number of carbonyl (C=O) groups excluding carboxylic acids is 2. The molecule has 0 aromatic heterocycles. The van der Waals surface area contributed by atoms with E-state index < -0.39 is 5.97 Å². The highest BCUT2D eigenvalue weighted by Gasteiger charge is 2.09. The molecule has 0 aliphatic rings. The number of ketones is 1. The second-order valence-corrected chi connectivity index (χ2v) is 6.41. The van der Waals surface area contributed by atoms with Crippen molar-refractivity contribution in [3.63, 3.8) is 0 Å². The first-order valence-corrected chi connectivity index (χ1v) is 9.51. The van der Waals surface area contributed by atoms with Crippen molar-refractivity contribution in [2.45, 2.75) is 25.3 Å². The van der Waals surface area contributed by atoms with Crippen LogP contribution in [0.1, 0.15) is 35.3 Å². The van der Waals surface area contributed by atoms with E-state index in [9.17, 15) is 9.59 Å². The van der Waals surface area contributed by atoms with Crippen LogP contribution in [0.15, 0.2) is 53.4 Å². The van der Waals surface area contributed by atoms with E-state index in [1.165, 1.54) is 17.9 Å². The van der Waals surface area contributed by atoms with Crippen molar-refractivity contribution in [2.24, 2.45) is 0 Å². The summed E-state index contributed by atoms with van der Waals surface area (Å²) in [5.41, 5.74) is 2.16. The molecular formula is C21H22O4S. The molecule has 0 spiro atoms. The Balaban J connectivity index is 2.02. The third-order valence-corrected chi connectivity index (χ3v) is 4.41. The summed E-state index contributed by atoms with van der Waals surface area (Å²) in [5.74, 6) is 0.116. The maximum atomic E-state index is 12.0. The van der Waals surface area contributed by atoms with Crippen LogP contribution in [-0.4, -0.2) is 24.6 Å². The molecule has 136 valence electrons. The summed E-state index contributed by atoms with van der Waals surface area (Å²) in [5, 5.41) is 0. The molecule has 0 N–H and O–H groups in total. The molecule has 0 aliphatic carbocycles. The Hall–Kier alpha value is -2.53. The normalized spacial score (nSPS) is 10.7. The van der Waals surface area contributed by atoms with Crippen molar-refractivity contribution in [2.75, 3.05) is 12.9 Å². The number of carbonyl (C=O) groups is 2. The third kappa shape index (κ3) is 5.77. The summed E-state index contributed by atoms with van der Waals surface area (Å²) in [6.07, 6.45) is 5.12. The number of esters is 1. The number of Topliss-reactive ketones (excluding diaryl/α,β-unsaturated/α-hetero) is 1. The van der Waals surface area contributed by atoms with Gasteiger partial charge in [0.25, 0.3) is 0 Å². The summed E-state index contributed by atoms with van der Waals surface area (Å²) in [6.45, 7) is 3.91. The zero-order valence-electron chi connectivity index (χ0n) is 15.2. The van der Waals surface area contributed by atoms with Crippen LogP contribution in [0.4, 0.5) is 0 Å². The summed E-state index contributed by atoms with van der Waals surface area (Å²) in [6, 6.07) is 13.0. The average Bonchev–Trinajstić information content (AvgIpc) is 2.66. The van der Waals surface area contributed by atoms with Crippen LogP contribution in [0.25, 0.3) is 6.08 Å². The van der Waals surface area contributed by atoms with Gasteiger partial charge < -0.3 is 9.47 Å². The Kier molecular flexibility index (Phi) is 7.48. The maximum Gasteiger partial charge on any atom is 0.331 e. The van der Waals surface area contributed by atoms with E-state index in [0.717, 1.165) is 5.56 Å². The van der Waals surface area contributed by atoms with Crippen molar-refractivity contribution in [3.05, 3.63) is 65.2 Å². The minimum atomic E-state index is -0.449. The number of rotatable bonds is 8. The first-order valence-electron chi connectivity index (χ1n) is 8.29. The molecule has 0 radical (unpaired) electrons. The summed E-state index contributed by atoms with van der Waals surface area (Å²) < 4.78 is 10.8. The quantitative estimate of drug-likeness (QED) is 0.290. The van der Waals surface area contributed by atoms with Crippen LogP contribution in [0, 0.1) is 0 Å². The van der Waals surface area contributed by atoms with E-state index in [1.54, 1.807) is 36.0 Å². The maximum absolute atomic E-state index is 12.0. The largest absolute Gasteiger partial charge is 0.493 e. The molecule has 26 heavy (non-hydrogen) atoms. The van der Waals surface area contributed by atoms with Gasteiger partial charge in [-0.1, -0.05) is 12.1 Å². The molecule has 4 nitrogen and oxygen atoms in total. The standard InChI is InChI=1S/C21H22O4S/c1-4-24-20-11-8-17(15(2)22)13-18(20)14-25-21(23)12-7-16-5-9-19(26-3)10-6-16/h5-13H,4,14H2,1-3H3/b12-7+. The molecule has 0 fully saturated rings. The lowest BCUT2D eigenvalue weighted by atomic mass is 10.1. The Bertz CT molecular complexity index is 794. The summed E-state index contributed by atoms with van der Waals surface area (Å²) in [4.78, 5) is 24.7. The Labute approximate surface area is 158 Å². The number of hydrogen-bond acceptors (Lipinski definition) is 5. The SMILES string of the molecule is CCOc1ccc(C(C)=O)cc1COC(=O)/C=C/c1ccc(SC)cc1.